The van der Waals surface area contributed by atoms with Crippen LogP contribution in [0.4, 0.5) is 0 Å². The van der Waals surface area contributed by atoms with Gasteiger partial charge in [-0.3, -0.25) is 4.79 Å². The van der Waals surface area contributed by atoms with Gasteiger partial charge in [0.05, 0.1) is 17.2 Å². The number of nitrogens with zero attached hydrogens (tertiary/aromatic N) is 1. The maximum Gasteiger partial charge on any atom is 0.231 e. The number of carbonyl (C=O) groups is 1. The molecule has 1 amide bonds. The summed E-state index contributed by atoms with van der Waals surface area (Å²) in [5, 5.41) is 3.36. The van der Waals surface area contributed by atoms with E-state index in [4.69, 9.17) is 0 Å². The lowest BCUT2D eigenvalue weighted by Crippen LogP contribution is -2.41. The summed E-state index contributed by atoms with van der Waals surface area (Å²) in [7, 11) is -3.09. The van der Waals surface area contributed by atoms with Gasteiger partial charge in [0, 0.05) is 12.8 Å². The summed E-state index contributed by atoms with van der Waals surface area (Å²) >= 11 is 0. The van der Waals surface area contributed by atoms with E-state index in [1.165, 1.54) is 19.1 Å². The Hall–Kier alpha value is -2.18. The maximum atomic E-state index is 13.5. The Morgan fingerprint density at radius 2 is 1.77 bits per heavy atom. The Morgan fingerprint density at radius 3 is 2.35 bits per heavy atom. The van der Waals surface area contributed by atoms with Crippen LogP contribution in [0, 0.1) is 6.92 Å². The summed E-state index contributed by atoms with van der Waals surface area (Å²) in [6, 6.07) is 16.0. The fourth-order valence-electron chi connectivity index (χ4n) is 4.65. The molecule has 0 bridgehead atoms. The van der Waals surface area contributed by atoms with Crippen molar-refractivity contribution in [3.8, 4) is 0 Å². The number of rotatable bonds is 8. The van der Waals surface area contributed by atoms with E-state index < -0.39 is 15.3 Å². The van der Waals surface area contributed by atoms with Crippen LogP contribution in [0.15, 0.2) is 48.5 Å². The largest absolute Gasteiger partial charge is 0.347 e. The number of carbonyl (C=O) groups excluding carboxylic acids is 1. The molecule has 2 fully saturated rings. The molecule has 1 saturated carbocycles. The predicted molar refractivity (Wildman–Crippen MR) is 124 cm³/mol. The third kappa shape index (κ3) is 5.18. The first kappa shape index (κ1) is 22.0. The number of amides is 1. The first-order valence-electron chi connectivity index (χ1n) is 11.1. The number of sulfone groups is 1. The van der Waals surface area contributed by atoms with Gasteiger partial charge >= 0.3 is 0 Å². The van der Waals surface area contributed by atoms with Gasteiger partial charge in [-0.25, -0.2) is 8.42 Å². The quantitative estimate of drug-likeness (QED) is 0.682. The van der Waals surface area contributed by atoms with Gasteiger partial charge < -0.3 is 10.2 Å². The second-order valence-electron chi connectivity index (χ2n) is 9.24. The first-order valence-corrected chi connectivity index (χ1v) is 13.2. The van der Waals surface area contributed by atoms with Gasteiger partial charge in [0.1, 0.15) is 0 Å². The number of benzene rings is 2. The summed E-state index contributed by atoms with van der Waals surface area (Å²) < 4.78 is 23.4. The first-order chi connectivity index (χ1) is 14.8. The van der Waals surface area contributed by atoms with Crippen molar-refractivity contribution in [2.45, 2.75) is 49.8 Å². The lowest BCUT2D eigenvalue weighted by atomic mass is 9.91. The molecular weight excluding hydrogens is 408 g/mol. The Balaban J connectivity index is 1.53. The second-order valence-corrected chi connectivity index (χ2v) is 11.4. The smallest absolute Gasteiger partial charge is 0.231 e. The van der Waals surface area contributed by atoms with Crippen LogP contribution >= 0.6 is 0 Å². The molecule has 0 radical (unpaired) electrons. The van der Waals surface area contributed by atoms with Crippen molar-refractivity contribution in [1.82, 2.24) is 10.2 Å². The maximum absolute atomic E-state index is 13.5. The highest BCUT2D eigenvalue weighted by atomic mass is 32.2. The summed E-state index contributed by atoms with van der Waals surface area (Å²) in [6.45, 7) is 4.94. The summed E-state index contributed by atoms with van der Waals surface area (Å²) in [5.41, 5.74) is 3.37. The number of aryl methyl sites for hydroxylation is 1. The van der Waals surface area contributed by atoms with Gasteiger partial charge in [-0.2, -0.15) is 0 Å². The molecule has 2 aliphatic rings. The van der Waals surface area contributed by atoms with E-state index >= 15 is 0 Å². The zero-order chi connectivity index (χ0) is 22.1. The van der Waals surface area contributed by atoms with Crippen molar-refractivity contribution in [1.29, 1.82) is 0 Å². The van der Waals surface area contributed by atoms with Gasteiger partial charge in [0.2, 0.25) is 5.91 Å². The van der Waals surface area contributed by atoms with Crippen molar-refractivity contribution >= 4 is 15.7 Å². The molecule has 1 atom stereocenters. The monoisotopic (exact) mass is 440 g/mol. The second kappa shape index (κ2) is 8.75. The van der Waals surface area contributed by atoms with Crippen LogP contribution in [-0.4, -0.2) is 45.1 Å². The molecule has 166 valence electrons. The minimum absolute atomic E-state index is 0.0320. The van der Waals surface area contributed by atoms with Crippen molar-refractivity contribution in [2.75, 3.05) is 25.9 Å². The molecule has 1 heterocycles. The van der Waals surface area contributed by atoms with Gasteiger partial charge in [-0.1, -0.05) is 48.5 Å². The van der Waals surface area contributed by atoms with E-state index in [9.17, 15) is 13.2 Å². The highest BCUT2D eigenvalue weighted by Crippen LogP contribution is 2.49. The van der Waals surface area contributed by atoms with Crippen molar-refractivity contribution in [2.24, 2.45) is 0 Å². The summed E-state index contributed by atoms with van der Waals surface area (Å²) in [6.07, 6.45) is 5.35. The number of hydrogen-bond acceptors (Lipinski definition) is 4. The Labute approximate surface area is 185 Å². The molecule has 4 rings (SSSR count). The topological polar surface area (TPSA) is 66.5 Å². The summed E-state index contributed by atoms with van der Waals surface area (Å²) in [4.78, 5) is 15.9. The number of hydrogen-bond donors (Lipinski definition) is 1. The molecule has 0 aromatic heterocycles. The van der Waals surface area contributed by atoms with Crippen LogP contribution in [-0.2, 0) is 25.8 Å². The van der Waals surface area contributed by atoms with Crippen LogP contribution in [0.2, 0.25) is 0 Å². The predicted octanol–water partition coefficient (Wildman–Crippen LogP) is 3.52. The van der Waals surface area contributed by atoms with Gasteiger partial charge in [-0.15, -0.1) is 0 Å². The molecule has 2 aromatic carbocycles. The fourth-order valence-corrected chi connectivity index (χ4v) is 5.54. The molecule has 5 nitrogen and oxygen atoms in total. The number of nitrogens with one attached hydrogen (secondary N) is 1. The normalized spacial score (nSPS) is 19.2. The van der Waals surface area contributed by atoms with E-state index in [0.717, 1.165) is 54.7 Å². The van der Waals surface area contributed by atoms with E-state index in [-0.39, 0.29) is 17.7 Å². The zero-order valence-corrected chi connectivity index (χ0v) is 19.2. The van der Waals surface area contributed by atoms with E-state index in [2.05, 4.69) is 22.3 Å². The van der Waals surface area contributed by atoms with E-state index in [1.807, 2.05) is 43.3 Å². The van der Waals surface area contributed by atoms with Crippen molar-refractivity contribution in [3.63, 3.8) is 0 Å². The van der Waals surface area contributed by atoms with Crippen molar-refractivity contribution < 1.29 is 13.2 Å². The lowest BCUT2D eigenvalue weighted by Gasteiger charge is -2.27. The van der Waals surface area contributed by atoms with E-state index in [0.29, 0.717) is 0 Å². The Kier molecular flexibility index (Phi) is 6.22. The lowest BCUT2D eigenvalue weighted by molar-refractivity contribution is -0.124. The minimum Gasteiger partial charge on any atom is -0.347 e. The Bertz CT molecular complexity index is 1040. The molecule has 1 aliphatic carbocycles. The third-order valence-electron chi connectivity index (χ3n) is 6.64. The minimum atomic E-state index is -3.09. The SMILES string of the molecule is Cc1cc(C2(C(=O)N[C@H](CN3CCCC3)c3ccccc3)CC2)ccc1CS(C)(=O)=O. The van der Waals surface area contributed by atoms with Crippen LogP contribution in [0.25, 0.3) is 0 Å². The highest BCUT2D eigenvalue weighted by Gasteiger charge is 2.51. The van der Waals surface area contributed by atoms with Gasteiger partial charge in [0.25, 0.3) is 0 Å². The molecule has 0 spiro atoms. The zero-order valence-electron chi connectivity index (χ0n) is 18.4. The van der Waals surface area contributed by atoms with Crippen LogP contribution in [0.3, 0.4) is 0 Å². The van der Waals surface area contributed by atoms with Crippen LogP contribution < -0.4 is 5.32 Å². The third-order valence-corrected chi connectivity index (χ3v) is 7.48. The fraction of sp³-hybridized carbons (Fsp3) is 0.480. The molecule has 6 heteroatoms. The van der Waals surface area contributed by atoms with Crippen LogP contribution in [0.1, 0.15) is 54.0 Å². The summed E-state index contributed by atoms with van der Waals surface area (Å²) in [5.74, 6) is 0.111. The molecule has 2 aromatic rings. The molecule has 1 aliphatic heterocycles. The van der Waals surface area contributed by atoms with Gasteiger partial charge in [-0.05, 0) is 68.0 Å². The molecular formula is C25H32N2O3S. The van der Waals surface area contributed by atoms with Crippen molar-refractivity contribution in [3.05, 3.63) is 70.8 Å². The standard InChI is InChI=1S/C25H32N2O3S/c1-19-16-22(11-10-21(19)18-31(2,29)30)25(12-13-25)24(28)26-23(17-27-14-6-7-15-27)20-8-4-3-5-9-20/h3-5,8-11,16,23H,6-7,12-15,17-18H2,1-2H3,(H,26,28)/t23-/m1/s1. The molecule has 31 heavy (non-hydrogen) atoms. The van der Waals surface area contributed by atoms with Crippen LogP contribution in [0.5, 0.6) is 0 Å². The molecule has 1 N–H and O–H groups in total. The number of likely N-dealkylation sites (tertiary alicyclic amines) is 1. The van der Waals surface area contributed by atoms with Gasteiger partial charge in [0.15, 0.2) is 9.84 Å². The highest BCUT2D eigenvalue weighted by molar-refractivity contribution is 7.89. The average molecular weight is 441 g/mol. The molecule has 0 unspecified atom stereocenters. The average Bonchev–Trinajstić information content (AvgIpc) is 3.39. The Morgan fingerprint density at radius 1 is 1.10 bits per heavy atom. The van der Waals surface area contributed by atoms with E-state index in [1.54, 1.807) is 0 Å². The molecule has 1 saturated heterocycles.